The average molecular weight is 261 g/mol. The molecule has 0 aromatic heterocycles. The van der Waals surface area contributed by atoms with Gasteiger partial charge >= 0.3 is 0 Å². The maximum atomic E-state index is 13.1. The smallest absolute Gasteiger partial charge is 0.270 e. The van der Waals surface area contributed by atoms with Crippen molar-refractivity contribution in [2.24, 2.45) is 5.73 Å². The van der Waals surface area contributed by atoms with E-state index >= 15 is 0 Å². The first-order valence-corrected chi connectivity index (χ1v) is 6.47. The Bertz CT molecular complexity index is 258. The first-order valence-electron chi connectivity index (χ1n) is 6.47. The molecule has 0 aromatic carbocycles. The van der Waals surface area contributed by atoms with Gasteiger partial charge in [0, 0.05) is 18.5 Å². The number of hydrogen-bond acceptors (Lipinski definition) is 1. The van der Waals surface area contributed by atoms with Gasteiger partial charge in [-0.05, 0) is 19.4 Å². The van der Waals surface area contributed by atoms with Crippen molar-refractivity contribution >= 4 is 0 Å². The fourth-order valence-corrected chi connectivity index (χ4v) is 1.22. The molecule has 0 heterocycles. The van der Waals surface area contributed by atoms with Crippen LogP contribution in [0, 0.1) is 0 Å². The second kappa shape index (κ2) is 12.5. The Kier molecular flexibility index (Phi) is 15.4. The summed E-state index contributed by atoms with van der Waals surface area (Å²) in [6.07, 6.45) is 4.45. The molecule has 2 N–H and O–H groups in total. The van der Waals surface area contributed by atoms with Gasteiger partial charge in [-0.15, -0.1) is 0 Å². The molecule has 0 aliphatic carbocycles. The van der Waals surface area contributed by atoms with Gasteiger partial charge in [0.25, 0.3) is 5.92 Å². The predicted molar refractivity (Wildman–Crippen MR) is 79.0 cm³/mol. The highest BCUT2D eigenvalue weighted by atomic mass is 19.3. The molecule has 0 aromatic rings. The van der Waals surface area contributed by atoms with Gasteiger partial charge in [-0.2, -0.15) is 0 Å². The number of halogens is 2. The summed E-state index contributed by atoms with van der Waals surface area (Å²) in [7, 11) is 0. The van der Waals surface area contributed by atoms with Gasteiger partial charge in [0.1, 0.15) is 0 Å². The molecule has 1 atom stereocenters. The highest BCUT2D eigenvalue weighted by molar-refractivity contribution is 5.39. The van der Waals surface area contributed by atoms with Gasteiger partial charge in [-0.3, -0.25) is 0 Å². The minimum Gasteiger partial charge on any atom is -0.324 e. The Morgan fingerprint density at radius 1 is 1.22 bits per heavy atom. The molecule has 18 heavy (non-hydrogen) atoms. The van der Waals surface area contributed by atoms with E-state index in [0.29, 0.717) is 5.57 Å². The van der Waals surface area contributed by atoms with Crippen LogP contribution in [0.25, 0.3) is 0 Å². The number of hydrogen-bond donors (Lipinski definition) is 1. The Balaban J connectivity index is -0.000000506. The van der Waals surface area contributed by atoms with Crippen molar-refractivity contribution in [1.29, 1.82) is 0 Å². The zero-order chi connectivity index (χ0) is 15.4. The van der Waals surface area contributed by atoms with E-state index in [2.05, 4.69) is 6.58 Å². The molecule has 0 amide bonds. The SMILES string of the molecule is C=C/C(=C(\C=C/C)C(C)N)C(C)(F)F.CC.CC. The molecule has 108 valence electrons. The van der Waals surface area contributed by atoms with Gasteiger partial charge in [0.05, 0.1) is 0 Å². The Hall–Kier alpha value is -0.960. The van der Waals surface area contributed by atoms with E-state index in [4.69, 9.17) is 5.73 Å². The van der Waals surface area contributed by atoms with Crippen LogP contribution >= 0.6 is 0 Å². The van der Waals surface area contributed by atoms with Gasteiger partial charge in [0.15, 0.2) is 0 Å². The van der Waals surface area contributed by atoms with E-state index in [0.717, 1.165) is 6.92 Å². The lowest BCUT2D eigenvalue weighted by atomic mass is 9.97. The summed E-state index contributed by atoms with van der Waals surface area (Å²) in [4.78, 5) is 0. The summed E-state index contributed by atoms with van der Waals surface area (Å²) in [6, 6.07) is -0.426. The fourth-order valence-electron chi connectivity index (χ4n) is 1.22. The quantitative estimate of drug-likeness (QED) is 0.700. The highest BCUT2D eigenvalue weighted by Gasteiger charge is 2.28. The second-order valence-corrected chi connectivity index (χ2v) is 3.25. The van der Waals surface area contributed by atoms with Crippen LogP contribution in [0.1, 0.15) is 48.5 Å². The third-order valence-corrected chi connectivity index (χ3v) is 1.82. The van der Waals surface area contributed by atoms with Gasteiger partial charge in [0.2, 0.25) is 0 Å². The third-order valence-electron chi connectivity index (χ3n) is 1.82. The normalized spacial score (nSPS) is 13.7. The lowest BCUT2D eigenvalue weighted by Gasteiger charge is -2.18. The molecule has 0 bridgehead atoms. The fraction of sp³-hybridized carbons (Fsp3) is 0.600. The number of alkyl halides is 2. The van der Waals surface area contributed by atoms with Gasteiger partial charge in [-0.25, -0.2) is 8.78 Å². The summed E-state index contributed by atoms with van der Waals surface area (Å²) in [6.45, 7) is 15.7. The standard InChI is InChI=1S/C11H17F2N.2C2H6/c1-5-7-9(8(3)14)10(6-2)11(4,12)13;2*1-2/h5-8H,2,14H2,1,3-4H3;2*1-2H3/b7-5-,10-9-;;. The second-order valence-electron chi connectivity index (χ2n) is 3.25. The number of nitrogens with two attached hydrogens (primary N) is 1. The van der Waals surface area contributed by atoms with E-state index < -0.39 is 12.0 Å². The van der Waals surface area contributed by atoms with Crippen LogP contribution in [0.3, 0.4) is 0 Å². The van der Waals surface area contributed by atoms with E-state index in [9.17, 15) is 8.78 Å². The molecule has 1 nitrogen and oxygen atoms in total. The molecule has 0 fully saturated rings. The van der Waals surface area contributed by atoms with Crippen molar-refractivity contribution in [3.05, 3.63) is 36.0 Å². The largest absolute Gasteiger partial charge is 0.324 e. The molecule has 0 aliphatic heterocycles. The van der Waals surface area contributed by atoms with Crippen molar-refractivity contribution < 1.29 is 8.78 Å². The van der Waals surface area contributed by atoms with Gasteiger partial charge < -0.3 is 5.73 Å². The topological polar surface area (TPSA) is 26.0 Å². The van der Waals surface area contributed by atoms with Crippen LogP contribution in [0.4, 0.5) is 8.78 Å². The van der Waals surface area contributed by atoms with E-state index in [-0.39, 0.29) is 5.57 Å². The van der Waals surface area contributed by atoms with Crippen LogP contribution in [0.15, 0.2) is 36.0 Å². The van der Waals surface area contributed by atoms with Crippen LogP contribution in [-0.4, -0.2) is 12.0 Å². The summed E-state index contributed by atoms with van der Waals surface area (Å²) >= 11 is 0. The van der Waals surface area contributed by atoms with Crippen LogP contribution in [-0.2, 0) is 0 Å². The average Bonchev–Trinajstić information content (AvgIpc) is 2.32. The zero-order valence-corrected chi connectivity index (χ0v) is 12.8. The third kappa shape index (κ3) is 9.11. The molecule has 0 aliphatic rings. The van der Waals surface area contributed by atoms with E-state index in [1.54, 1.807) is 26.0 Å². The van der Waals surface area contributed by atoms with Crippen LogP contribution in [0.2, 0.25) is 0 Å². The molecule has 0 radical (unpaired) electrons. The lowest BCUT2D eigenvalue weighted by molar-refractivity contribution is 0.0663. The van der Waals surface area contributed by atoms with Crippen LogP contribution in [0.5, 0.6) is 0 Å². The molecule has 0 rings (SSSR count). The lowest BCUT2D eigenvalue weighted by Crippen LogP contribution is -2.23. The Morgan fingerprint density at radius 3 is 1.78 bits per heavy atom. The minimum atomic E-state index is -2.90. The monoisotopic (exact) mass is 261 g/mol. The predicted octanol–water partition coefficient (Wildman–Crippen LogP) is 5.10. The molecule has 0 spiro atoms. The van der Waals surface area contributed by atoms with Crippen molar-refractivity contribution in [2.45, 2.75) is 60.4 Å². The van der Waals surface area contributed by atoms with E-state index in [1.807, 2.05) is 27.7 Å². The molecule has 3 heteroatoms. The summed E-state index contributed by atoms with van der Waals surface area (Å²) in [5.41, 5.74) is 5.93. The summed E-state index contributed by atoms with van der Waals surface area (Å²) in [5, 5.41) is 0. The van der Waals surface area contributed by atoms with Crippen molar-refractivity contribution in [3.63, 3.8) is 0 Å². The Labute approximate surface area is 111 Å². The van der Waals surface area contributed by atoms with Gasteiger partial charge in [-0.1, -0.05) is 52.5 Å². The van der Waals surface area contributed by atoms with Crippen molar-refractivity contribution in [1.82, 2.24) is 0 Å². The number of rotatable bonds is 4. The molecular formula is C15H29F2N. The Morgan fingerprint density at radius 2 is 1.61 bits per heavy atom. The van der Waals surface area contributed by atoms with Crippen LogP contribution < -0.4 is 5.73 Å². The molecule has 0 saturated heterocycles. The first kappa shape index (κ1) is 22.2. The molecule has 1 unspecified atom stereocenters. The highest BCUT2D eigenvalue weighted by Crippen LogP contribution is 2.28. The van der Waals surface area contributed by atoms with Crippen molar-refractivity contribution in [2.75, 3.05) is 0 Å². The maximum Gasteiger partial charge on any atom is 0.270 e. The summed E-state index contributed by atoms with van der Waals surface area (Å²) in [5.74, 6) is -2.90. The molecular weight excluding hydrogens is 232 g/mol. The van der Waals surface area contributed by atoms with Crippen molar-refractivity contribution in [3.8, 4) is 0 Å². The summed E-state index contributed by atoms with van der Waals surface area (Å²) < 4.78 is 26.2. The maximum absolute atomic E-state index is 13.1. The zero-order valence-electron chi connectivity index (χ0n) is 12.8. The first-order chi connectivity index (χ1) is 8.34. The minimum absolute atomic E-state index is 0.106. The number of allylic oxidation sites excluding steroid dienone is 3. The van der Waals surface area contributed by atoms with E-state index in [1.165, 1.54) is 6.08 Å². The molecule has 0 saturated carbocycles.